The smallest absolute Gasteiger partial charge is 0.462 e. The number of phosphoric ester groups is 1. The summed E-state index contributed by atoms with van der Waals surface area (Å²) in [5, 5.41) is 0. The Kier molecular flexibility index (Phi) is 33.1. The molecule has 0 fully saturated rings. The van der Waals surface area contributed by atoms with Crippen LogP contribution in [0.15, 0.2) is 24.3 Å². The van der Waals surface area contributed by atoms with Gasteiger partial charge in [-0.3, -0.25) is 18.9 Å². The quantitative estimate of drug-likeness (QED) is 0.0212. The molecule has 0 radical (unpaired) electrons. The molecular weight excluding hydrogens is 655 g/mol. The topological polar surface area (TPSA) is 136 Å². The lowest BCUT2D eigenvalue weighted by Crippen LogP contribution is -2.29. The third kappa shape index (κ3) is 37.5. The van der Waals surface area contributed by atoms with Crippen molar-refractivity contribution in [2.75, 3.05) is 13.2 Å². The van der Waals surface area contributed by atoms with Crippen LogP contribution in [-0.4, -0.2) is 46.8 Å². The fourth-order valence-electron chi connectivity index (χ4n) is 5.60. The highest BCUT2D eigenvalue weighted by Gasteiger charge is 2.22. The van der Waals surface area contributed by atoms with Gasteiger partial charge in [0, 0.05) is 19.3 Å². The number of esters is 2. The first kappa shape index (κ1) is 48.2. The molecule has 0 aromatic rings. The number of rotatable bonds is 36. The van der Waals surface area contributed by atoms with Crippen molar-refractivity contribution in [1.82, 2.24) is 0 Å². The van der Waals surface area contributed by atoms with E-state index in [2.05, 4.69) is 31.4 Å². The number of carbonyl (C=O) groups is 3. The number of hydrogen-bond donors (Lipinski definition) is 2. The zero-order valence-electron chi connectivity index (χ0n) is 32.0. The predicted molar refractivity (Wildman–Crippen MR) is 203 cm³/mol. The summed E-state index contributed by atoms with van der Waals surface area (Å²) in [6, 6.07) is 0. The van der Waals surface area contributed by atoms with E-state index in [0.29, 0.717) is 19.3 Å². The Morgan fingerprint density at radius 3 is 1.66 bits per heavy atom. The summed E-state index contributed by atoms with van der Waals surface area (Å²) in [4.78, 5) is 54.5. The lowest BCUT2D eigenvalue weighted by molar-refractivity contribution is -0.161. The largest absolute Gasteiger partial charge is 0.469 e. The first-order valence-corrected chi connectivity index (χ1v) is 21.5. The molecular formula is C40H73O9P. The molecule has 292 valence electrons. The number of hydrogen-bond acceptors (Lipinski definition) is 7. The molecule has 9 nitrogen and oxygen atoms in total. The van der Waals surface area contributed by atoms with Gasteiger partial charge in [0.1, 0.15) is 6.61 Å². The zero-order chi connectivity index (χ0) is 37.1. The minimum atomic E-state index is -4.77. The van der Waals surface area contributed by atoms with Gasteiger partial charge in [-0.2, -0.15) is 0 Å². The van der Waals surface area contributed by atoms with Gasteiger partial charge in [0.2, 0.25) is 0 Å². The summed E-state index contributed by atoms with van der Waals surface area (Å²) in [6.45, 7) is 5.84. The first-order chi connectivity index (χ1) is 24.0. The molecule has 0 aliphatic heterocycles. The van der Waals surface area contributed by atoms with Gasteiger partial charge in [0.05, 0.1) is 6.61 Å². The van der Waals surface area contributed by atoms with Crippen LogP contribution in [0.4, 0.5) is 0 Å². The Hall–Kier alpha value is -1.80. The van der Waals surface area contributed by atoms with E-state index in [1.807, 2.05) is 6.08 Å². The standard InChI is InChI=1S/C40H73O9P/c1-4-5-24-30-37(41)31-26-21-17-13-11-15-19-23-28-33-40(43)49-38(35-48-50(44,45)46)34-47-39(42)32-27-22-18-14-10-8-6-7-9-12-16-20-25-29-36(2)3/h17,21,26,31,36,38H,4-16,18-20,22-25,27-30,32-35H2,1-3H3,(H2,44,45,46)/b21-17-,31-26+/t38-/m1/s1. The summed E-state index contributed by atoms with van der Waals surface area (Å²) in [7, 11) is -4.77. The maximum atomic E-state index is 12.4. The van der Waals surface area contributed by atoms with E-state index in [4.69, 9.17) is 19.3 Å². The van der Waals surface area contributed by atoms with Crippen LogP contribution in [0.2, 0.25) is 0 Å². The molecule has 10 heteroatoms. The van der Waals surface area contributed by atoms with Crippen molar-refractivity contribution in [3.63, 3.8) is 0 Å². The molecule has 0 aromatic carbocycles. The number of phosphoric acid groups is 1. The molecule has 0 aliphatic carbocycles. The van der Waals surface area contributed by atoms with Crippen molar-refractivity contribution in [3.8, 4) is 0 Å². The van der Waals surface area contributed by atoms with Gasteiger partial charge in [0.25, 0.3) is 0 Å². The molecule has 0 aliphatic rings. The van der Waals surface area contributed by atoms with Gasteiger partial charge >= 0.3 is 19.8 Å². The third-order valence-electron chi connectivity index (χ3n) is 8.63. The average molecular weight is 729 g/mol. The predicted octanol–water partition coefficient (Wildman–Crippen LogP) is 11.1. The third-order valence-corrected chi connectivity index (χ3v) is 9.11. The van der Waals surface area contributed by atoms with Crippen LogP contribution in [-0.2, 0) is 32.9 Å². The number of allylic oxidation sites excluding steroid dienone is 4. The molecule has 0 aromatic heterocycles. The highest BCUT2D eigenvalue weighted by atomic mass is 31.2. The number of ether oxygens (including phenoxy) is 2. The van der Waals surface area contributed by atoms with Crippen LogP contribution in [0.1, 0.15) is 188 Å². The van der Waals surface area contributed by atoms with Crippen LogP contribution in [0, 0.1) is 5.92 Å². The molecule has 2 N–H and O–H groups in total. The van der Waals surface area contributed by atoms with Crippen molar-refractivity contribution in [2.45, 2.75) is 194 Å². The maximum absolute atomic E-state index is 12.4. The molecule has 50 heavy (non-hydrogen) atoms. The second kappa shape index (κ2) is 34.3. The molecule has 0 saturated heterocycles. The van der Waals surface area contributed by atoms with Crippen molar-refractivity contribution in [2.24, 2.45) is 5.92 Å². The summed E-state index contributed by atoms with van der Waals surface area (Å²) < 4.78 is 26.3. The molecule has 0 amide bonds. The lowest BCUT2D eigenvalue weighted by Gasteiger charge is -2.18. The first-order valence-electron chi connectivity index (χ1n) is 19.9. The number of ketones is 1. The lowest BCUT2D eigenvalue weighted by atomic mass is 10.0. The number of unbranched alkanes of at least 4 members (excludes halogenated alkanes) is 19. The fourth-order valence-corrected chi connectivity index (χ4v) is 5.96. The molecule has 0 saturated carbocycles. The monoisotopic (exact) mass is 728 g/mol. The van der Waals surface area contributed by atoms with Crippen molar-refractivity contribution >= 4 is 25.5 Å². The van der Waals surface area contributed by atoms with Crippen LogP contribution < -0.4 is 0 Å². The van der Waals surface area contributed by atoms with E-state index in [0.717, 1.165) is 70.1 Å². The second-order valence-corrected chi connectivity index (χ2v) is 15.4. The highest BCUT2D eigenvalue weighted by Crippen LogP contribution is 2.36. The second-order valence-electron chi connectivity index (χ2n) is 14.1. The molecule has 0 unspecified atom stereocenters. The van der Waals surface area contributed by atoms with Crippen LogP contribution >= 0.6 is 7.82 Å². The van der Waals surface area contributed by atoms with Gasteiger partial charge in [-0.05, 0) is 44.1 Å². The normalized spacial score (nSPS) is 12.7. The zero-order valence-corrected chi connectivity index (χ0v) is 32.9. The van der Waals surface area contributed by atoms with Gasteiger partial charge in [0.15, 0.2) is 11.9 Å². The Labute approximate surface area is 305 Å². The van der Waals surface area contributed by atoms with E-state index in [-0.39, 0.29) is 25.2 Å². The highest BCUT2D eigenvalue weighted by molar-refractivity contribution is 7.46. The Bertz CT molecular complexity index is 941. The van der Waals surface area contributed by atoms with E-state index in [1.165, 1.54) is 70.6 Å². The van der Waals surface area contributed by atoms with Crippen LogP contribution in [0.3, 0.4) is 0 Å². The Balaban J connectivity index is 3.99. The van der Waals surface area contributed by atoms with Crippen molar-refractivity contribution < 1.29 is 42.7 Å². The molecule has 0 spiro atoms. The SMILES string of the molecule is CCCCCC(=O)/C=C/C=C\CCCCCCCC(=O)O[C@H](COC(=O)CCCCCCCCCCCCCCCC(C)C)COP(=O)(O)O. The summed E-state index contributed by atoms with van der Waals surface area (Å²) in [5.41, 5.74) is 0. The Morgan fingerprint density at radius 2 is 1.12 bits per heavy atom. The van der Waals surface area contributed by atoms with Gasteiger partial charge in [-0.25, -0.2) is 4.57 Å². The number of carbonyl (C=O) groups excluding carboxylic acids is 3. The molecule has 1 atom stereocenters. The summed E-state index contributed by atoms with van der Waals surface area (Å²) in [5.74, 6) is 0.0502. The minimum Gasteiger partial charge on any atom is -0.462 e. The van der Waals surface area contributed by atoms with Crippen LogP contribution in [0.5, 0.6) is 0 Å². The average Bonchev–Trinajstić information content (AvgIpc) is 3.06. The van der Waals surface area contributed by atoms with Gasteiger partial charge < -0.3 is 19.3 Å². The van der Waals surface area contributed by atoms with Gasteiger partial charge in [-0.15, -0.1) is 0 Å². The summed E-state index contributed by atoms with van der Waals surface area (Å²) in [6.07, 6.45) is 33.1. The molecule has 0 bridgehead atoms. The van der Waals surface area contributed by atoms with E-state index < -0.39 is 32.5 Å². The summed E-state index contributed by atoms with van der Waals surface area (Å²) >= 11 is 0. The minimum absolute atomic E-state index is 0.163. The molecule has 0 heterocycles. The van der Waals surface area contributed by atoms with E-state index in [9.17, 15) is 18.9 Å². The Morgan fingerprint density at radius 1 is 0.620 bits per heavy atom. The van der Waals surface area contributed by atoms with Crippen molar-refractivity contribution in [3.05, 3.63) is 24.3 Å². The molecule has 0 rings (SSSR count). The van der Waals surface area contributed by atoms with Gasteiger partial charge in [-0.1, -0.05) is 155 Å². The van der Waals surface area contributed by atoms with E-state index in [1.54, 1.807) is 12.2 Å². The van der Waals surface area contributed by atoms with E-state index >= 15 is 0 Å². The van der Waals surface area contributed by atoms with Crippen molar-refractivity contribution in [1.29, 1.82) is 0 Å². The fraction of sp³-hybridized carbons (Fsp3) is 0.825. The van der Waals surface area contributed by atoms with Crippen LogP contribution in [0.25, 0.3) is 0 Å². The maximum Gasteiger partial charge on any atom is 0.469 e.